The largest absolute Gasteiger partial charge is 0.411 e. The fraction of sp³-hybridized carbons (Fsp3) is 1.00. The van der Waals surface area contributed by atoms with E-state index in [1.54, 1.807) is 0 Å². The van der Waals surface area contributed by atoms with Crippen LogP contribution in [0.2, 0.25) is 0 Å². The molecule has 1 N–H and O–H groups in total. The maximum Gasteiger partial charge on any atom is 0.411 e. The van der Waals surface area contributed by atoms with Crippen molar-refractivity contribution in [2.75, 3.05) is 33.1 Å². The van der Waals surface area contributed by atoms with Crippen molar-refractivity contribution in [2.45, 2.75) is 31.7 Å². The summed E-state index contributed by atoms with van der Waals surface area (Å²) >= 11 is 0. The van der Waals surface area contributed by atoms with Crippen molar-refractivity contribution in [1.29, 1.82) is 0 Å². The van der Waals surface area contributed by atoms with E-state index in [-0.39, 0.29) is 25.1 Å². The van der Waals surface area contributed by atoms with E-state index in [9.17, 15) is 13.2 Å². The van der Waals surface area contributed by atoms with Crippen molar-refractivity contribution < 1.29 is 27.4 Å². The second kappa shape index (κ2) is 5.99. The standard InChI is InChI=1S/C10H18F3NO3/c1-9(2)5-14-3-8(17-9)4-15-7-16-6-10(11,12)13/h8,14H,3-7H2,1-2H3. The average Bonchev–Trinajstić information content (AvgIpc) is 2.13. The van der Waals surface area contributed by atoms with Crippen LogP contribution in [0.3, 0.4) is 0 Å². The molecule has 1 fully saturated rings. The van der Waals surface area contributed by atoms with Crippen molar-refractivity contribution in [1.82, 2.24) is 5.32 Å². The van der Waals surface area contributed by atoms with Gasteiger partial charge in [-0.2, -0.15) is 13.2 Å². The Labute approximate surface area is 98.4 Å². The van der Waals surface area contributed by atoms with E-state index < -0.39 is 12.8 Å². The zero-order chi connectivity index (χ0) is 12.9. The Morgan fingerprint density at radius 2 is 2.06 bits per heavy atom. The molecule has 0 spiro atoms. The van der Waals surface area contributed by atoms with Crippen LogP contribution >= 0.6 is 0 Å². The summed E-state index contributed by atoms with van der Waals surface area (Å²) in [6.45, 7) is 3.80. The first-order valence-electron chi connectivity index (χ1n) is 5.39. The summed E-state index contributed by atoms with van der Waals surface area (Å²) in [4.78, 5) is 0. The molecule has 102 valence electrons. The lowest BCUT2D eigenvalue weighted by atomic mass is 10.1. The van der Waals surface area contributed by atoms with Gasteiger partial charge in [-0.3, -0.25) is 0 Å². The Kier molecular flexibility index (Phi) is 5.18. The molecule has 0 aromatic heterocycles. The normalized spacial score (nSPS) is 24.9. The highest BCUT2D eigenvalue weighted by molar-refractivity contribution is 4.80. The second-order valence-electron chi connectivity index (χ2n) is 4.58. The van der Waals surface area contributed by atoms with Crippen molar-refractivity contribution >= 4 is 0 Å². The van der Waals surface area contributed by atoms with Crippen molar-refractivity contribution in [2.24, 2.45) is 0 Å². The van der Waals surface area contributed by atoms with Gasteiger partial charge < -0.3 is 19.5 Å². The van der Waals surface area contributed by atoms with E-state index in [0.29, 0.717) is 6.54 Å². The summed E-state index contributed by atoms with van der Waals surface area (Å²) in [6, 6.07) is 0. The van der Waals surface area contributed by atoms with Crippen LogP contribution in [0.5, 0.6) is 0 Å². The van der Waals surface area contributed by atoms with Crippen LogP contribution in [-0.2, 0) is 14.2 Å². The molecule has 0 saturated carbocycles. The van der Waals surface area contributed by atoms with E-state index in [0.717, 1.165) is 6.54 Å². The molecule has 1 aliphatic heterocycles. The van der Waals surface area contributed by atoms with Gasteiger partial charge in [0.1, 0.15) is 13.4 Å². The summed E-state index contributed by atoms with van der Waals surface area (Å²) in [7, 11) is 0. The Bertz CT molecular complexity index is 233. The first-order chi connectivity index (χ1) is 7.79. The highest BCUT2D eigenvalue weighted by atomic mass is 19.4. The van der Waals surface area contributed by atoms with Gasteiger partial charge in [0.2, 0.25) is 0 Å². The first kappa shape index (κ1) is 14.7. The summed E-state index contributed by atoms with van der Waals surface area (Å²) in [5.74, 6) is 0. The molecule has 0 aliphatic carbocycles. The molecule has 1 heterocycles. The maximum absolute atomic E-state index is 11.7. The van der Waals surface area contributed by atoms with Crippen LogP contribution in [-0.4, -0.2) is 51.0 Å². The van der Waals surface area contributed by atoms with Crippen molar-refractivity contribution in [3.63, 3.8) is 0 Å². The predicted molar refractivity (Wildman–Crippen MR) is 54.6 cm³/mol. The quantitative estimate of drug-likeness (QED) is 0.595. The molecule has 17 heavy (non-hydrogen) atoms. The molecule has 0 radical (unpaired) electrons. The van der Waals surface area contributed by atoms with Crippen molar-refractivity contribution in [3.8, 4) is 0 Å². The fourth-order valence-corrected chi connectivity index (χ4v) is 1.56. The molecule has 1 rings (SSSR count). The van der Waals surface area contributed by atoms with Crippen LogP contribution in [0.25, 0.3) is 0 Å². The molecular weight excluding hydrogens is 239 g/mol. The number of nitrogens with one attached hydrogen (secondary N) is 1. The number of ether oxygens (including phenoxy) is 3. The van der Waals surface area contributed by atoms with Gasteiger partial charge >= 0.3 is 6.18 Å². The monoisotopic (exact) mass is 257 g/mol. The lowest BCUT2D eigenvalue weighted by molar-refractivity contribution is -0.204. The second-order valence-corrected chi connectivity index (χ2v) is 4.58. The Balaban J connectivity index is 2.07. The van der Waals surface area contributed by atoms with E-state index in [1.807, 2.05) is 13.8 Å². The highest BCUT2D eigenvalue weighted by Crippen LogP contribution is 2.16. The van der Waals surface area contributed by atoms with Gasteiger partial charge in [-0.1, -0.05) is 0 Å². The molecular formula is C10H18F3NO3. The summed E-state index contributed by atoms with van der Waals surface area (Å²) in [6.07, 6.45) is -4.47. The molecule has 1 atom stereocenters. The van der Waals surface area contributed by atoms with Gasteiger partial charge in [0.25, 0.3) is 0 Å². The first-order valence-corrected chi connectivity index (χ1v) is 5.39. The summed E-state index contributed by atoms with van der Waals surface area (Å²) < 4.78 is 50.1. The lowest BCUT2D eigenvalue weighted by Crippen LogP contribution is -2.51. The summed E-state index contributed by atoms with van der Waals surface area (Å²) in [5, 5.41) is 3.16. The van der Waals surface area contributed by atoms with E-state index in [2.05, 4.69) is 10.1 Å². The minimum absolute atomic E-state index is 0.159. The fourth-order valence-electron chi connectivity index (χ4n) is 1.56. The van der Waals surface area contributed by atoms with Crippen molar-refractivity contribution in [3.05, 3.63) is 0 Å². The molecule has 0 amide bonds. The average molecular weight is 257 g/mol. The zero-order valence-corrected chi connectivity index (χ0v) is 9.97. The van der Waals surface area contributed by atoms with E-state index in [4.69, 9.17) is 9.47 Å². The summed E-state index contributed by atoms with van der Waals surface area (Å²) in [5.41, 5.74) is -0.279. The molecule has 4 nitrogen and oxygen atoms in total. The van der Waals surface area contributed by atoms with Gasteiger partial charge in [-0.25, -0.2) is 0 Å². The third-order valence-corrected chi connectivity index (χ3v) is 2.14. The van der Waals surface area contributed by atoms with Crippen LogP contribution < -0.4 is 5.32 Å². The number of morpholine rings is 1. The number of hydrogen-bond donors (Lipinski definition) is 1. The number of rotatable bonds is 5. The van der Waals surface area contributed by atoms with E-state index >= 15 is 0 Å². The predicted octanol–water partition coefficient (Wildman–Crippen LogP) is 1.31. The molecule has 1 aliphatic rings. The molecule has 7 heteroatoms. The van der Waals surface area contributed by atoms with Crippen LogP contribution in [0.1, 0.15) is 13.8 Å². The zero-order valence-electron chi connectivity index (χ0n) is 9.97. The molecule has 0 bridgehead atoms. The number of alkyl halides is 3. The molecule has 1 unspecified atom stereocenters. The SMILES string of the molecule is CC1(C)CNCC(COCOCC(F)(F)F)O1. The Hall–Kier alpha value is -0.370. The lowest BCUT2D eigenvalue weighted by Gasteiger charge is -2.36. The van der Waals surface area contributed by atoms with Crippen LogP contribution in [0.15, 0.2) is 0 Å². The smallest absolute Gasteiger partial charge is 0.367 e. The van der Waals surface area contributed by atoms with Gasteiger partial charge in [0, 0.05) is 13.1 Å². The van der Waals surface area contributed by atoms with Crippen LogP contribution in [0.4, 0.5) is 13.2 Å². The number of halogens is 3. The maximum atomic E-state index is 11.7. The van der Waals surface area contributed by atoms with Gasteiger partial charge in [0.15, 0.2) is 0 Å². The van der Waals surface area contributed by atoms with Gasteiger partial charge in [0.05, 0.1) is 18.3 Å². The minimum Gasteiger partial charge on any atom is -0.367 e. The Morgan fingerprint density at radius 1 is 1.35 bits per heavy atom. The highest BCUT2D eigenvalue weighted by Gasteiger charge is 2.29. The van der Waals surface area contributed by atoms with Gasteiger partial charge in [-0.15, -0.1) is 0 Å². The minimum atomic E-state index is -4.31. The van der Waals surface area contributed by atoms with Crippen LogP contribution in [0, 0.1) is 0 Å². The molecule has 1 saturated heterocycles. The third kappa shape index (κ3) is 6.82. The van der Waals surface area contributed by atoms with Gasteiger partial charge in [-0.05, 0) is 13.8 Å². The third-order valence-electron chi connectivity index (χ3n) is 2.14. The topological polar surface area (TPSA) is 39.7 Å². The molecule has 0 aromatic rings. The Morgan fingerprint density at radius 3 is 2.65 bits per heavy atom. The van der Waals surface area contributed by atoms with E-state index in [1.165, 1.54) is 0 Å². The molecule has 0 aromatic carbocycles. The number of hydrogen-bond acceptors (Lipinski definition) is 4.